The van der Waals surface area contributed by atoms with Crippen LogP contribution in [0.3, 0.4) is 0 Å². The average molecular weight is 521 g/mol. The van der Waals surface area contributed by atoms with Crippen molar-refractivity contribution in [1.82, 2.24) is 24.7 Å². The van der Waals surface area contributed by atoms with Crippen LogP contribution in [0.1, 0.15) is 27.4 Å². The first-order valence-corrected chi connectivity index (χ1v) is 10.4. The van der Waals surface area contributed by atoms with Gasteiger partial charge in [-0.15, -0.1) is 0 Å². The summed E-state index contributed by atoms with van der Waals surface area (Å²) in [7, 11) is 0. The van der Waals surface area contributed by atoms with Gasteiger partial charge in [-0.25, -0.2) is 0 Å². The van der Waals surface area contributed by atoms with E-state index in [2.05, 4.69) is 36.6 Å². The zero-order valence-electron chi connectivity index (χ0n) is 16.5. The van der Waals surface area contributed by atoms with Crippen LogP contribution in [-0.4, -0.2) is 35.5 Å². The van der Waals surface area contributed by atoms with Crippen molar-refractivity contribution in [1.29, 1.82) is 0 Å². The van der Waals surface area contributed by atoms with Crippen molar-refractivity contribution in [3.05, 3.63) is 85.0 Å². The second-order valence-corrected chi connectivity index (χ2v) is 8.11. The Kier molecular flexibility index (Phi) is 6.06. The number of hydrogen-bond donors (Lipinski definition) is 1. The van der Waals surface area contributed by atoms with Crippen molar-refractivity contribution < 1.29 is 14.2 Å². The van der Waals surface area contributed by atoms with Gasteiger partial charge >= 0.3 is 5.69 Å². The molecule has 11 nitrogen and oxygen atoms in total. The minimum absolute atomic E-state index is 0.0415. The van der Waals surface area contributed by atoms with E-state index in [1.165, 1.54) is 10.9 Å². The van der Waals surface area contributed by atoms with E-state index in [1.54, 1.807) is 29.9 Å². The second kappa shape index (κ2) is 8.93. The van der Waals surface area contributed by atoms with Crippen molar-refractivity contribution in [2.75, 3.05) is 5.32 Å². The maximum atomic E-state index is 12.9. The third-order valence-electron chi connectivity index (χ3n) is 4.56. The molecule has 32 heavy (non-hydrogen) atoms. The summed E-state index contributed by atoms with van der Waals surface area (Å²) in [6, 6.07) is 7.36. The molecular weight excluding hydrogens is 506 g/mol. The molecule has 0 saturated carbocycles. The number of amides is 1. The number of nitrogens with one attached hydrogen (secondary N) is 1. The van der Waals surface area contributed by atoms with Gasteiger partial charge in [0, 0.05) is 16.8 Å². The van der Waals surface area contributed by atoms with Crippen LogP contribution in [-0.2, 0) is 13.1 Å². The summed E-state index contributed by atoms with van der Waals surface area (Å²) in [6.45, 7) is 2.21. The molecule has 0 saturated heterocycles. The third kappa shape index (κ3) is 4.70. The summed E-state index contributed by atoms with van der Waals surface area (Å²) >= 11 is 9.31. The fourth-order valence-electron chi connectivity index (χ4n) is 2.96. The van der Waals surface area contributed by atoms with Crippen LogP contribution in [0.5, 0.6) is 0 Å². The molecule has 0 bridgehead atoms. The number of aryl methyl sites for hydroxylation is 1. The summed E-state index contributed by atoms with van der Waals surface area (Å²) in [5.74, 6) is 0.182. The molecule has 0 atom stereocenters. The van der Waals surface area contributed by atoms with Crippen molar-refractivity contribution in [3.8, 4) is 0 Å². The Morgan fingerprint density at radius 2 is 2.00 bits per heavy atom. The van der Waals surface area contributed by atoms with E-state index < -0.39 is 10.8 Å². The topological polar surface area (TPSA) is 134 Å². The van der Waals surface area contributed by atoms with Gasteiger partial charge < -0.3 is 9.84 Å². The Hall–Kier alpha value is -3.51. The molecule has 0 spiro atoms. The number of benzene rings is 1. The summed E-state index contributed by atoms with van der Waals surface area (Å²) in [5.41, 5.74) is 1.34. The monoisotopic (exact) mass is 519 g/mol. The molecule has 0 aliphatic heterocycles. The van der Waals surface area contributed by atoms with Crippen molar-refractivity contribution in [2.24, 2.45) is 0 Å². The van der Waals surface area contributed by atoms with E-state index in [4.69, 9.17) is 16.1 Å². The molecule has 164 valence electrons. The lowest BCUT2D eigenvalue weighted by Crippen LogP contribution is -2.17. The van der Waals surface area contributed by atoms with Gasteiger partial charge in [-0.1, -0.05) is 28.9 Å². The minimum Gasteiger partial charge on any atom is -0.361 e. The fraction of sp³-hybridized carbons (Fsp3) is 0.158. The van der Waals surface area contributed by atoms with Crippen LogP contribution in [0.2, 0.25) is 5.02 Å². The largest absolute Gasteiger partial charge is 0.361 e. The first kappa shape index (κ1) is 21.7. The quantitative estimate of drug-likeness (QED) is 0.287. The lowest BCUT2D eigenvalue weighted by atomic mass is 10.2. The van der Waals surface area contributed by atoms with E-state index in [1.807, 2.05) is 12.1 Å². The standard InChI is InChI=1S/C19H15BrClN7O4/c1-11-15(9-26-8-14(6-22-26)28(30)31)17(25-32-11)19(29)23-18-16(20)10-27(24-18)7-12-2-4-13(21)5-3-12/h2-6,8,10H,7,9H2,1H3,(H,23,24,29). The van der Waals surface area contributed by atoms with Gasteiger partial charge in [0.25, 0.3) is 5.91 Å². The maximum absolute atomic E-state index is 12.9. The zero-order valence-corrected chi connectivity index (χ0v) is 18.9. The van der Waals surface area contributed by atoms with Crippen LogP contribution in [0.4, 0.5) is 11.5 Å². The number of nitrogens with zero attached hydrogens (tertiary/aromatic N) is 6. The fourth-order valence-corrected chi connectivity index (χ4v) is 3.50. The smallest absolute Gasteiger partial charge is 0.307 e. The van der Waals surface area contributed by atoms with Crippen LogP contribution < -0.4 is 5.32 Å². The molecule has 1 amide bonds. The highest BCUT2D eigenvalue weighted by molar-refractivity contribution is 9.10. The molecule has 13 heteroatoms. The van der Waals surface area contributed by atoms with Crippen molar-refractivity contribution in [2.45, 2.75) is 20.0 Å². The Labute approximate surface area is 194 Å². The zero-order chi connectivity index (χ0) is 22.8. The SMILES string of the molecule is Cc1onc(C(=O)Nc2nn(Cc3ccc(Cl)cc3)cc2Br)c1Cn1cc([N+](=O)[O-])cn1. The van der Waals surface area contributed by atoms with Gasteiger partial charge in [-0.05, 0) is 40.5 Å². The molecular formula is C19H15BrClN7O4. The number of aromatic nitrogens is 5. The normalized spacial score (nSPS) is 11.0. The third-order valence-corrected chi connectivity index (χ3v) is 5.39. The highest BCUT2D eigenvalue weighted by Gasteiger charge is 2.23. The average Bonchev–Trinajstić information content (AvgIpc) is 3.45. The van der Waals surface area contributed by atoms with Gasteiger partial charge in [0.15, 0.2) is 11.5 Å². The van der Waals surface area contributed by atoms with Gasteiger partial charge in [-0.3, -0.25) is 24.3 Å². The summed E-state index contributed by atoms with van der Waals surface area (Å²) in [4.78, 5) is 23.2. The number of halogens is 2. The van der Waals surface area contributed by atoms with E-state index in [0.29, 0.717) is 33.2 Å². The molecule has 0 aliphatic rings. The molecule has 1 N–H and O–H groups in total. The summed E-state index contributed by atoms with van der Waals surface area (Å²) in [6.07, 6.45) is 4.14. The number of hydrogen-bond acceptors (Lipinski definition) is 7. The number of rotatable bonds is 7. The van der Waals surface area contributed by atoms with Crippen LogP contribution in [0.25, 0.3) is 0 Å². The number of carbonyl (C=O) groups excluding carboxylic acids is 1. The maximum Gasteiger partial charge on any atom is 0.307 e. The molecule has 4 aromatic rings. The highest BCUT2D eigenvalue weighted by Crippen LogP contribution is 2.23. The van der Waals surface area contributed by atoms with Gasteiger partial charge in [0.2, 0.25) is 0 Å². The molecule has 0 fully saturated rings. The van der Waals surface area contributed by atoms with E-state index in [-0.39, 0.29) is 17.9 Å². The lowest BCUT2D eigenvalue weighted by Gasteiger charge is -2.04. The molecule has 4 rings (SSSR count). The summed E-state index contributed by atoms with van der Waals surface area (Å²) < 4.78 is 8.76. The van der Waals surface area contributed by atoms with Crippen molar-refractivity contribution in [3.63, 3.8) is 0 Å². The predicted octanol–water partition coefficient (Wildman–Crippen LogP) is 4.05. The number of carbonyl (C=O) groups is 1. The lowest BCUT2D eigenvalue weighted by molar-refractivity contribution is -0.385. The first-order chi connectivity index (χ1) is 15.3. The van der Waals surface area contributed by atoms with Gasteiger partial charge in [0.1, 0.15) is 18.2 Å². The van der Waals surface area contributed by atoms with Crippen LogP contribution in [0, 0.1) is 17.0 Å². The van der Waals surface area contributed by atoms with Gasteiger partial charge in [0.05, 0.1) is 22.5 Å². The Bertz CT molecular complexity index is 1300. The molecule has 1 aromatic carbocycles. The highest BCUT2D eigenvalue weighted by atomic mass is 79.9. The number of anilines is 1. The van der Waals surface area contributed by atoms with Gasteiger partial charge in [-0.2, -0.15) is 10.2 Å². The Morgan fingerprint density at radius 3 is 2.69 bits per heavy atom. The van der Waals surface area contributed by atoms with E-state index in [9.17, 15) is 14.9 Å². The minimum atomic E-state index is -0.546. The molecule has 3 aromatic heterocycles. The Balaban J connectivity index is 1.50. The molecule has 0 aliphatic carbocycles. The van der Waals surface area contributed by atoms with E-state index in [0.717, 1.165) is 11.8 Å². The van der Waals surface area contributed by atoms with Crippen LogP contribution in [0.15, 0.2) is 51.9 Å². The molecule has 3 heterocycles. The predicted molar refractivity (Wildman–Crippen MR) is 118 cm³/mol. The van der Waals surface area contributed by atoms with Crippen molar-refractivity contribution >= 4 is 44.9 Å². The Morgan fingerprint density at radius 1 is 1.25 bits per heavy atom. The summed E-state index contributed by atoms with van der Waals surface area (Å²) in [5, 5.41) is 26.4. The second-order valence-electron chi connectivity index (χ2n) is 6.82. The van der Waals surface area contributed by atoms with Crippen LogP contribution >= 0.6 is 27.5 Å². The first-order valence-electron chi connectivity index (χ1n) is 9.21. The molecule has 0 unspecified atom stereocenters. The van der Waals surface area contributed by atoms with E-state index >= 15 is 0 Å². The number of nitro groups is 1. The molecule has 0 radical (unpaired) electrons.